The Balaban J connectivity index is 2.70. The molecule has 0 spiro atoms. The molecule has 1 aromatic heterocycles. The van der Waals surface area contributed by atoms with Crippen LogP contribution in [0.4, 0.5) is 0 Å². The van der Waals surface area contributed by atoms with Crippen molar-refractivity contribution in [3.63, 3.8) is 0 Å². The lowest BCUT2D eigenvalue weighted by molar-refractivity contribution is 0.164. The fraction of sp³-hybridized carbons (Fsp3) is 0.714. The molecule has 0 radical (unpaired) electrons. The van der Waals surface area contributed by atoms with Gasteiger partial charge >= 0.3 is 0 Å². The van der Waals surface area contributed by atoms with Gasteiger partial charge in [-0.3, -0.25) is 0 Å². The molecule has 0 bridgehead atoms. The van der Waals surface area contributed by atoms with Crippen LogP contribution in [0, 0.1) is 0 Å². The second-order valence-electron chi connectivity index (χ2n) is 6.39. The van der Waals surface area contributed by atoms with E-state index in [1.807, 2.05) is 12.1 Å². The third-order valence-corrected chi connectivity index (χ3v) is 8.56. The molecule has 0 aliphatic rings. The molecule has 1 aromatic rings. The van der Waals surface area contributed by atoms with Gasteiger partial charge in [-0.1, -0.05) is 27.7 Å². The lowest BCUT2D eigenvalue weighted by Gasteiger charge is -2.39. The molecule has 1 heterocycles. The maximum Gasteiger partial charge on any atom is 0.192 e. The molecule has 1 rings (SSSR count). The summed E-state index contributed by atoms with van der Waals surface area (Å²) in [6.45, 7) is 15.7. The minimum atomic E-state index is -1.68. The van der Waals surface area contributed by atoms with Gasteiger partial charge in [0.2, 0.25) is 0 Å². The van der Waals surface area contributed by atoms with Gasteiger partial charge in [-0.05, 0) is 37.2 Å². The van der Waals surface area contributed by atoms with Gasteiger partial charge in [0.25, 0.3) is 0 Å². The van der Waals surface area contributed by atoms with Crippen molar-refractivity contribution in [2.24, 2.45) is 0 Å². The summed E-state index contributed by atoms with van der Waals surface area (Å²) in [4.78, 5) is 0. The highest BCUT2D eigenvalue weighted by Crippen LogP contribution is 2.38. The van der Waals surface area contributed by atoms with Gasteiger partial charge in [-0.15, -0.1) is 0 Å². The zero-order chi connectivity index (χ0) is 13.3. The van der Waals surface area contributed by atoms with Gasteiger partial charge in [-0.2, -0.15) is 0 Å². The predicted octanol–water partition coefficient (Wildman–Crippen LogP) is 4.79. The maximum atomic E-state index is 6.37. The average Bonchev–Trinajstić information content (AvgIpc) is 2.66. The molecule has 0 aliphatic carbocycles. The average molecular weight is 254 g/mol. The summed E-state index contributed by atoms with van der Waals surface area (Å²) in [6.07, 6.45) is 1.92. The van der Waals surface area contributed by atoms with Gasteiger partial charge < -0.3 is 8.84 Å². The van der Waals surface area contributed by atoms with Crippen LogP contribution in [0.25, 0.3) is 0 Å². The minimum Gasteiger partial charge on any atom is -0.469 e. The normalized spacial score (nSPS) is 16.9. The second kappa shape index (κ2) is 4.98. The van der Waals surface area contributed by atoms with Crippen molar-refractivity contribution in [2.45, 2.75) is 64.8 Å². The summed E-state index contributed by atoms with van der Waals surface area (Å²) in [5.41, 5.74) is 0. The summed E-state index contributed by atoms with van der Waals surface area (Å²) in [7, 11) is -1.68. The van der Waals surface area contributed by atoms with E-state index in [9.17, 15) is 0 Å². The summed E-state index contributed by atoms with van der Waals surface area (Å²) < 4.78 is 11.8. The Labute approximate surface area is 106 Å². The summed E-state index contributed by atoms with van der Waals surface area (Å²) in [5, 5.41) is 0.254. The molecule has 17 heavy (non-hydrogen) atoms. The van der Waals surface area contributed by atoms with Gasteiger partial charge in [0.1, 0.15) is 5.76 Å². The minimum absolute atomic E-state index is 0.196. The molecule has 0 saturated carbocycles. The Kier molecular flexibility index (Phi) is 4.26. The first-order valence-electron chi connectivity index (χ1n) is 6.36. The zero-order valence-corrected chi connectivity index (χ0v) is 13.2. The van der Waals surface area contributed by atoms with Crippen LogP contribution in [0.1, 0.15) is 46.3 Å². The first-order chi connectivity index (χ1) is 7.65. The lowest BCUT2D eigenvalue weighted by Crippen LogP contribution is -2.44. The third kappa shape index (κ3) is 3.46. The standard InChI is InChI=1S/C14H26O2Si/c1-11(13-9-8-10-15-13)12(2)16-17(6,7)14(3,4)5/h8-12H,1-7H3/t11-,12+/m1/s1. The Hall–Kier alpha value is -0.543. The van der Waals surface area contributed by atoms with Crippen molar-refractivity contribution in [1.82, 2.24) is 0 Å². The van der Waals surface area contributed by atoms with Crippen LogP contribution in [0.15, 0.2) is 22.8 Å². The van der Waals surface area contributed by atoms with Crippen molar-refractivity contribution in [3.05, 3.63) is 24.2 Å². The molecule has 0 amide bonds. The van der Waals surface area contributed by atoms with E-state index in [0.29, 0.717) is 5.92 Å². The molecular formula is C14H26O2Si. The third-order valence-electron chi connectivity index (χ3n) is 3.98. The van der Waals surface area contributed by atoms with Crippen LogP contribution in [0.5, 0.6) is 0 Å². The topological polar surface area (TPSA) is 22.4 Å². The largest absolute Gasteiger partial charge is 0.469 e. The van der Waals surface area contributed by atoms with Crippen LogP contribution < -0.4 is 0 Å². The van der Waals surface area contributed by atoms with Gasteiger partial charge in [0.15, 0.2) is 8.32 Å². The Morgan fingerprint density at radius 2 is 1.82 bits per heavy atom. The van der Waals surface area contributed by atoms with Crippen LogP contribution in [0.2, 0.25) is 18.1 Å². The molecule has 2 nitrogen and oxygen atoms in total. The highest BCUT2D eigenvalue weighted by molar-refractivity contribution is 6.74. The fourth-order valence-electron chi connectivity index (χ4n) is 1.53. The Morgan fingerprint density at radius 1 is 1.24 bits per heavy atom. The fourth-order valence-corrected chi connectivity index (χ4v) is 3.01. The van der Waals surface area contributed by atoms with E-state index in [2.05, 4.69) is 47.7 Å². The first kappa shape index (κ1) is 14.5. The van der Waals surface area contributed by atoms with E-state index < -0.39 is 8.32 Å². The summed E-state index contributed by atoms with van der Waals surface area (Å²) in [5.74, 6) is 1.32. The van der Waals surface area contributed by atoms with Crippen molar-refractivity contribution >= 4 is 8.32 Å². The van der Waals surface area contributed by atoms with E-state index in [0.717, 1.165) is 5.76 Å². The zero-order valence-electron chi connectivity index (χ0n) is 12.2. The van der Waals surface area contributed by atoms with E-state index >= 15 is 0 Å². The molecule has 0 saturated heterocycles. The molecule has 98 valence electrons. The van der Waals surface area contributed by atoms with E-state index in [1.165, 1.54) is 0 Å². The van der Waals surface area contributed by atoms with Gasteiger partial charge in [0, 0.05) is 5.92 Å². The van der Waals surface area contributed by atoms with E-state index in [1.54, 1.807) is 6.26 Å². The van der Waals surface area contributed by atoms with Crippen molar-refractivity contribution < 1.29 is 8.84 Å². The van der Waals surface area contributed by atoms with Crippen LogP contribution in [-0.2, 0) is 4.43 Å². The highest BCUT2D eigenvalue weighted by atomic mass is 28.4. The van der Waals surface area contributed by atoms with Crippen LogP contribution >= 0.6 is 0 Å². The lowest BCUT2D eigenvalue weighted by atomic mass is 10.0. The van der Waals surface area contributed by atoms with Crippen molar-refractivity contribution in [2.75, 3.05) is 0 Å². The Morgan fingerprint density at radius 3 is 2.24 bits per heavy atom. The number of hydrogen-bond acceptors (Lipinski definition) is 2. The first-order valence-corrected chi connectivity index (χ1v) is 9.27. The molecule has 3 heteroatoms. The van der Waals surface area contributed by atoms with Gasteiger partial charge in [-0.25, -0.2) is 0 Å². The Bertz CT molecular complexity index is 336. The molecule has 0 aromatic carbocycles. The molecule has 0 unspecified atom stereocenters. The maximum absolute atomic E-state index is 6.37. The predicted molar refractivity (Wildman–Crippen MR) is 74.9 cm³/mol. The number of hydrogen-bond donors (Lipinski definition) is 0. The summed E-state index contributed by atoms with van der Waals surface area (Å²) in [6, 6.07) is 3.96. The van der Waals surface area contributed by atoms with Crippen molar-refractivity contribution in [1.29, 1.82) is 0 Å². The number of rotatable bonds is 4. The van der Waals surface area contributed by atoms with E-state index in [-0.39, 0.29) is 11.1 Å². The molecule has 2 atom stereocenters. The molecule has 0 N–H and O–H groups in total. The molecule has 0 aliphatic heterocycles. The molecule has 0 fully saturated rings. The second-order valence-corrected chi connectivity index (χ2v) is 11.1. The van der Waals surface area contributed by atoms with Crippen LogP contribution in [-0.4, -0.2) is 14.4 Å². The number of furan rings is 1. The van der Waals surface area contributed by atoms with Crippen molar-refractivity contribution in [3.8, 4) is 0 Å². The van der Waals surface area contributed by atoms with Gasteiger partial charge in [0.05, 0.1) is 12.4 Å². The quantitative estimate of drug-likeness (QED) is 0.721. The van der Waals surface area contributed by atoms with Crippen LogP contribution in [0.3, 0.4) is 0 Å². The summed E-state index contributed by atoms with van der Waals surface area (Å²) >= 11 is 0. The molecular weight excluding hydrogens is 228 g/mol. The highest BCUT2D eigenvalue weighted by Gasteiger charge is 2.39. The smallest absolute Gasteiger partial charge is 0.192 e. The monoisotopic (exact) mass is 254 g/mol. The van der Waals surface area contributed by atoms with E-state index in [4.69, 9.17) is 8.84 Å². The SMILES string of the molecule is C[C@H](O[Si](C)(C)C(C)(C)C)[C@@H](C)c1ccco1.